The van der Waals surface area contributed by atoms with Crippen LogP contribution < -0.4 is 0 Å². The average Bonchev–Trinajstić information content (AvgIpc) is 2.49. The number of hydrogen-bond acceptors (Lipinski definition) is 2. The van der Waals surface area contributed by atoms with E-state index in [0.717, 1.165) is 21.5 Å². The third kappa shape index (κ3) is 1.46. The van der Waals surface area contributed by atoms with E-state index in [-0.39, 0.29) is 0 Å². The van der Waals surface area contributed by atoms with Gasteiger partial charge in [0, 0.05) is 18.1 Å². The number of nitrogens with zero attached hydrogens (tertiary/aromatic N) is 3. The first-order valence-electron chi connectivity index (χ1n) is 4.30. The minimum atomic E-state index is 0.973. The van der Waals surface area contributed by atoms with Gasteiger partial charge >= 0.3 is 0 Å². The maximum absolute atomic E-state index is 4.26. The molecule has 0 aromatic carbocycles. The number of imidazole rings is 1. The Morgan fingerprint density at radius 3 is 2.71 bits per heavy atom. The molecule has 0 unspecified atom stereocenters. The number of rotatable bonds is 1. The van der Waals surface area contributed by atoms with E-state index in [0.29, 0.717) is 0 Å². The van der Waals surface area contributed by atoms with Crippen LogP contribution in [0.3, 0.4) is 0 Å². The van der Waals surface area contributed by atoms with Gasteiger partial charge in [-0.25, -0.2) is 4.98 Å². The third-order valence-electron chi connectivity index (χ3n) is 2.26. The van der Waals surface area contributed by atoms with E-state index in [1.54, 1.807) is 12.4 Å². The summed E-state index contributed by atoms with van der Waals surface area (Å²) in [4.78, 5) is 8.28. The van der Waals surface area contributed by atoms with E-state index >= 15 is 0 Å². The van der Waals surface area contributed by atoms with Crippen molar-refractivity contribution in [2.24, 2.45) is 0 Å². The van der Waals surface area contributed by atoms with Gasteiger partial charge in [-0.3, -0.25) is 4.98 Å². The van der Waals surface area contributed by atoms with E-state index < -0.39 is 0 Å². The van der Waals surface area contributed by atoms with Gasteiger partial charge in [0.05, 0.1) is 22.2 Å². The number of pyridine rings is 1. The second kappa shape index (κ2) is 3.53. The highest BCUT2D eigenvalue weighted by atomic mass is 79.9. The summed E-state index contributed by atoms with van der Waals surface area (Å²) in [5.41, 5.74) is 3.27. The van der Waals surface area contributed by atoms with Crippen molar-refractivity contribution < 1.29 is 0 Å². The molecule has 0 aliphatic rings. The molecule has 2 aromatic rings. The van der Waals surface area contributed by atoms with Crippen LogP contribution in [0.5, 0.6) is 0 Å². The van der Waals surface area contributed by atoms with Gasteiger partial charge in [0.1, 0.15) is 0 Å². The molecule has 0 saturated carbocycles. The van der Waals surface area contributed by atoms with Crippen molar-refractivity contribution in [3.63, 3.8) is 0 Å². The van der Waals surface area contributed by atoms with Crippen molar-refractivity contribution >= 4 is 15.9 Å². The van der Waals surface area contributed by atoms with Crippen LogP contribution in [-0.4, -0.2) is 14.5 Å². The largest absolute Gasteiger partial charge is 0.302 e. The van der Waals surface area contributed by atoms with Crippen LogP contribution in [0.15, 0.2) is 29.3 Å². The monoisotopic (exact) mass is 251 g/mol. The Bertz CT molecular complexity index is 462. The number of hydrogen-bond donors (Lipinski definition) is 0. The Balaban J connectivity index is 2.60. The van der Waals surface area contributed by atoms with E-state index in [2.05, 4.69) is 32.8 Å². The Labute approximate surface area is 90.9 Å². The molecular weight excluding hydrogens is 242 g/mol. The molecule has 72 valence electrons. The maximum atomic E-state index is 4.26. The molecule has 0 bridgehead atoms. The summed E-state index contributed by atoms with van der Waals surface area (Å²) < 4.78 is 3.02. The Kier molecular flexibility index (Phi) is 2.37. The molecule has 0 fully saturated rings. The molecule has 2 aromatic heterocycles. The Morgan fingerprint density at radius 1 is 1.36 bits per heavy atom. The lowest BCUT2D eigenvalue weighted by molar-refractivity contribution is 0.987. The molecule has 4 heteroatoms. The first-order valence-corrected chi connectivity index (χ1v) is 5.10. The molecule has 14 heavy (non-hydrogen) atoms. The molecule has 3 nitrogen and oxygen atoms in total. The third-order valence-corrected chi connectivity index (χ3v) is 2.87. The first-order chi connectivity index (χ1) is 6.70. The lowest BCUT2D eigenvalue weighted by atomic mass is 10.3. The van der Waals surface area contributed by atoms with E-state index in [9.17, 15) is 0 Å². The van der Waals surface area contributed by atoms with Gasteiger partial charge in [0.2, 0.25) is 0 Å². The lowest BCUT2D eigenvalue weighted by Gasteiger charge is -2.06. The topological polar surface area (TPSA) is 30.7 Å². The van der Waals surface area contributed by atoms with Crippen molar-refractivity contribution in [2.45, 2.75) is 13.8 Å². The summed E-state index contributed by atoms with van der Waals surface area (Å²) in [5.74, 6) is 0. The fourth-order valence-corrected chi connectivity index (χ4v) is 1.75. The summed E-state index contributed by atoms with van der Waals surface area (Å²) in [6.45, 7) is 4.05. The van der Waals surface area contributed by atoms with E-state index in [1.807, 2.05) is 23.9 Å². The van der Waals surface area contributed by atoms with Gasteiger partial charge in [-0.05, 0) is 35.8 Å². The molecule has 2 heterocycles. The van der Waals surface area contributed by atoms with Crippen molar-refractivity contribution in [3.8, 4) is 5.69 Å². The predicted octanol–water partition coefficient (Wildman–Crippen LogP) is 2.65. The summed E-state index contributed by atoms with van der Waals surface area (Å²) in [5, 5.41) is 0. The van der Waals surface area contributed by atoms with Gasteiger partial charge in [-0.2, -0.15) is 0 Å². The zero-order valence-corrected chi connectivity index (χ0v) is 9.62. The summed E-state index contributed by atoms with van der Waals surface area (Å²) >= 11 is 3.47. The van der Waals surface area contributed by atoms with E-state index in [4.69, 9.17) is 0 Å². The minimum Gasteiger partial charge on any atom is -0.302 e. The Hall–Kier alpha value is -1.16. The fraction of sp³-hybridized carbons (Fsp3) is 0.200. The van der Waals surface area contributed by atoms with Crippen LogP contribution in [0.4, 0.5) is 0 Å². The van der Waals surface area contributed by atoms with Gasteiger partial charge in [-0.15, -0.1) is 0 Å². The SMILES string of the molecule is Cc1ncn(-c2ccncc2Br)c1C. The van der Waals surface area contributed by atoms with Crippen LogP contribution in [0.2, 0.25) is 0 Å². The number of aryl methyl sites for hydroxylation is 1. The zero-order chi connectivity index (χ0) is 10.1. The van der Waals surface area contributed by atoms with Crippen LogP contribution in [0.1, 0.15) is 11.4 Å². The van der Waals surface area contributed by atoms with Crippen LogP contribution in [0.25, 0.3) is 5.69 Å². The van der Waals surface area contributed by atoms with Gasteiger partial charge in [0.15, 0.2) is 0 Å². The molecular formula is C10H10BrN3. The molecule has 0 saturated heterocycles. The summed E-state index contributed by atoms with van der Waals surface area (Å²) in [6, 6.07) is 1.96. The molecule has 0 spiro atoms. The molecule has 0 radical (unpaired) electrons. The van der Waals surface area contributed by atoms with Crippen molar-refractivity contribution in [1.82, 2.24) is 14.5 Å². The molecule has 0 aliphatic carbocycles. The van der Waals surface area contributed by atoms with Gasteiger partial charge in [0.25, 0.3) is 0 Å². The highest BCUT2D eigenvalue weighted by molar-refractivity contribution is 9.10. The smallest absolute Gasteiger partial charge is 0.0997 e. The Morgan fingerprint density at radius 2 is 2.14 bits per heavy atom. The molecule has 2 rings (SSSR count). The van der Waals surface area contributed by atoms with Crippen molar-refractivity contribution in [2.75, 3.05) is 0 Å². The normalized spacial score (nSPS) is 10.5. The zero-order valence-electron chi connectivity index (χ0n) is 8.03. The van der Waals surface area contributed by atoms with Crippen LogP contribution >= 0.6 is 15.9 Å². The van der Waals surface area contributed by atoms with Crippen LogP contribution in [-0.2, 0) is 0 Å². The quantitative estimate of drug-likeness (QED) is 0.781. The standard InChI is InChI=1S/C10H10BrN3/c1-7-8(2)14(6-13-7)10-3-4-12-5-9(10)11/h3-6H,1-2H3. The first kappa shape index (κ1) is 9.40. The second-order valence-corrected chi connectivity index (χ2v) is 3.97. The summed E-state index contributed by atoms with van der Waals surface area (Å²) in [7, 11) is 0. The van der Waals surface area contributed by atoms with Crippen LogP contribution in [0, 0.1) is 13.8 Å². The fourth-order valence-electron chi connectivity index (χ4n) is 1.30. The van der Waals surface area contributed by atoms with E-state index in [1.165, 1.54) is 0 Å². The predicted molar refractivity (Wildman–Crippen MR) is 58.5 cm³/mol. The highest BCUT2D eigenvalue weighted by Gasteiger charge is 2.06. The lowest BCUT2D eigenvalue weighted by Crippen LogP contribution is -1.96. The minimum absolute atomic E-state index is 0.973. The van der Waals surface area contributed by atoms with Gasteiger partial charge < -0.3 is 4.57 Å². The number of aromatic nitrogens is 3. The molecule has 0 aliphatic heterocycles. The molecule has 0 atom stereocenters. The maximum Gasteiger partial charge on any atom is 0.0997 e. The highest BCUT2D eigenvalue weighted by Crippen LogP contribution is 2.21. The van der Waals surface area contributed by atoms with Crippen molar-refractivity contribution in [3.05, 3.63) is 40.6 Å². The summed E-state index contributed by atoms with van der Waals surface area (Å²) in [6.07, 6.45) is 5.38. The van der Waals surface area contributed by atoms with Crippen molar-refractivity contribution in [1.29, 1.82) is 0 Å². The van der Waals surface area contributed by atoms with Gasteiger partial charge in [-0.1, -0.05) is 0 Å². The second-order valence-electron chi connectivity index (χ2n) is 3.11. The average molecular weight is 252 g/mol. The molecule has 0 amide bonds. The number of halogens is 1. The molecule has 0 N–H and O–H groups in total.